The lowest BCUT2D eigenvalue weighted by Gasteiger charge is -2.10. The van der Waals surface area contributed by atoms with Crippen LogP contribution in [0.3, 0.4) is 0 Å². The second-order valence-electron chi connectivity index (χ2n) is 16.3. The first-order valence-corrected chi connectivity index (χ1v) is 23.2. The van der Waals surface area contributed by atoms with Gasteiger partial charge in [-0.1, -0.05) is 52.3 Å². The lowest BCUT2D eigenvalue weighted by atomic mass is 10.1. The van der Waals surface area contributed by atoms with E-state index in [2.05, 4.69) is 26.6 Å². The Hall–Kier alpha value is -9.99. The van der Waals surface area contributed by atoms with Crippen LogP contribution in [0.15, 0.2) is 211 Å². The Morgan fingerprint density at radius 3 is 1.01 bits per heavy atom. The molecule has 2 amide bonds. The molecule has 74 heavy (non-hydrogen) atoms. The first-order valence-electron chi connectivity index (χ1n) is 22.4. The molecule has 0 fully saturated rings. The van der Waals surface area contributed by atoms with Crippen LogP contribution < -0.4 is 20.1 Å². The Bertz CT molecular complexity index is 3720. The van der Waals surface area contributed by atoms with Crippen LogP contribution in [-0.2, 0) is 0 Å². The number of phenolic OH excluding ortho intramolecular Hbond substituents is 2. The average molecular weight is 1050 g/mol. The SMILES string of the molecule is O=C(Nc1ccc(O)cc1)c1ccc(O)cc1.O=C(O)c1ccc2cc(Br)ccc2c1.O=C(O)c1ccc2cc(Oc3ccc(NC(=O)c4ccc(Oc5ccc6cc(C(=O)O)ccc6c5)cc4)cc3)ccc2c1. The normalized spacial score (nSPS) is 10.5. The fourth-order valence-corrected chi connectivity index (χ4v) is 7.69. The number of fused-ring (bicyclic) bond motifs is 3. The molecular formula is C59H41BrN2O12. The molecule has 366 valence electrons. The maximum Gasteiger partial charge on any atom is 0.335 e. The lowest BCUT2D eigenvalue weighted by molar-refractivity contribution is 0.0686. The molecule has 0 atom stereocenters. The van der Waals surface area contributed by atoms with E-state index in [9.17, 15) is 34.2 Å². The highest BCUT2D eigenvalue weighted by atomic mass is 79.9. The molecule has 0 spiro atoms. The van der Waals surface area contributed by atoms with E-state index in [4.69, 9.17) is 24.8 Å². The van der Waals surface area contributed by atoms with Gasteiger partial charge in [-0.15, -0.1) is 0 Å². The number of carbonyl (C=O) groups excluding carboxylic acids is 2. The zero-order valence-corrected chi connectivity index (χ0v) is 40.2. The van der Waals surface area contributed by atoms with Gasteiger partial charge in [0.05, 0.1) is 16.7 Å². The maximum atomic E-state index is 12.8. The van der Waals surface area contributed by atoms with E-state index in [-0.39, 0.29) is 34.4 Å². The summed E-state index contributed by atoms with van der Waals surface area (Å²) in [4.78, 5) is 57.6. The van der Waals surface area contributed by atoms with E-state index in [1.54, 1.807) is 127 Å². The van der Waals surface area contributed by atoms with Gasteiger partial charge in [-0.25, -0.2) is 14.4 Å². The van der Waals surface area contributed by atoms with Crippen molar-refractivity contribution in [3.8, 4) is 34.5 Å². The Kier molecular flexibility index (Phi) is 15.6. The lowest BCUT2D eigenvalue weighted by Crippen LogP contribution is -2.11. The summed E-state index contributed by atoms with van der Waals surface area (Å²) in [7, 11) is 0. The van der Waals surface area contributed by atoms with E-state index < -0.39 is 17.9 Å². The van der Waals surface area contributed by atoms with E-state index >= 15 is 0 Å². The summed E-state index contributed by atoms with van der Waals surface area (Å²) in [5, 5.41) is 56.1. The first kappa shape index (κ1) is 50.4. The third kappa shape index (κ3) is 13.2. The van der Waals surface area contributed by atoms with Crippen LogP contribution in [0.4, 0.5) is 11.4 Å². The second-order valence-corrected chi connectivity index (χ2v) is 17.2. The number of phenols is 2. The zero-order chi connectivity index (χ0) is 52.3. The predicted octanol–water partition coefficient (Wildman–Crippen LogP) is 13.9. The Morgan fingerprint density at radius 2 is 0.608 bits per heavy atom. The summed E-state index contributed by atoms with van der Waals surface area (Å²) in [5.74, 6) is -0.807. The number of hydrogen-bond donors (Lipinski definition) is 7. The van der Waals surface area contributed by atoms with Gasteiger partial charge in [-0.3, -0.25) is 9.59 Å². The number of aromatic hydroxyl groups is 2. The Balaban J connectivity index is 0.000000190. The predicted molar refractivity (Wildman–Crippen MR) is 286 cm³/mol. The van der Waals surface area contributed by atoms with Gasteiger partial charge in [-0.2, -0.15) is 0 Å². The first-order chi connectivity index (χ1) is 35.6. The van der Waals surface area contributed by atoms with Crippen molar-refractivity contribution in [2.75, 3.05) is 10.6 Å². The van der Waals surface area contributed by atoms with Gasteiger partial charge in [0.1, 0.15) is 34.5 Å². The molecule has 0 unspecified atom stereocenters. The highest BCUT2D eigenvalue weighted by molar-refractivity contribution is 9.10. The van der Waals surface area contributed by atoms with Crippen LogP contribution in [0.1, 0.15) is 51.8 Å². The highest BCUT2D eigenvalue weighted by Gasteiger charge is 2.11. The molecule has 15 heteroatoms. The van der Waals surface area contributed by atoms with Crippen molar-refractivity contribution in [3.05, 3.63) is 239 Å². The number of amides is 2. The van der Waals surface area contributed by atoms with Crippen LogP contribution >= 0.6 is 15.9 Å². The van der Waals surface area contributed by atoms with Gasteiger partial charge in [-0.05, 0) is 202 Å². The molecule has 7 N–H and O–H groups in total. The van der Waals surface area contributed by atoms with Gasteiger partial charge >= 0.3 is 17.9 Å². The van der Waals surface area contributed by atoms with E-state index in [1.165, 1.54) is 36.4 Å². The van der Waals surface area contributed by atoms with Crippen molar-refractivity contribution in [2.24, 2.45) is 0 Å². The van der Waals surface area contributed by atoms with Crippen LogP contribution in [0.2, 0.25) is 0 Å². The summed E-state index contributed by atoms with van der Waals surface area (Å²) in [6, 6.07) is 57.3. The van der Waals surface area contributed by atoms with Crippen LogP contribution in [0.25, 0.3) is 32.3 Å². The van der Waals surface area contributed by atoms with Crippen molar-refractivity contribution < 1.29 is 59.0 Å². The second kappa shape index (κ2) is 22.8. The highest BCUT2D eigenvalue weighted by Crippen LogP contribution is 2.30. The van der Waals surface area contributed by atoms with Crippen LogP contribution in [-0.4, -0.2) is 55.3 Å². The molecule has 0 aromatic heterocycles. The van der Waals surface area contributed by atoms with Crippen molar-refractivity contribution in [2.45, 2.75) is 0 Å². The molecule has 0 saturated carbocycles. The summed E-state index contributed by atoms with van der Waals surface area (Å²) in [6.45, 7) is 0. The number of carbonyl (C=O) groups is 5. The number of carboxylic acids is 3. The fourth-order valence-electron chi connectivity index (χ4n) is 7.31. The van der Waals surface area contributed by atoms with Crippen LogP contribution in [0, 0.1) is 0 Å². The number of carboxylic acid groups (broad SMARTS) is 3. The minimum atomic E-state index is -0.976. The molecule has 0 saturated heterocycles. The number of anilines is 2. The van der Waals surface area contributed by atoms with Crippen molar-refractivity contribution >= 4 is 89.3 Å². The minimum absolute atomic E-state index is 0.117. The molecule has 0 heterocycles. The third-order valence-electron chi connectivity index (χ3n) is 11.1. The molecular weight excluding hydrogens is 1010 g/mol. The van der Waals surface area contributed by atoms with Gasteiger partial charge in [0.15, 0.2) is 0 Å². The monoisotopic (exact) mass is 1050 g/mol. The third-order valence-corrected chi connectivity index (χ3v) is 11.6. The van der Waals surface area contributed by atoms with Crippen molar-refractivity contribution in [1.29, 1.82) is 0 Å². The number of rotatable bonds is 11. The van der Waals surface area contributed by atoms with Gasteiger partial charge in [0.25, 0.3) is 11.8 Å². The summed E-state index contributed by atoms with van der Waals surface area (Å²) in [6.07, 6.45) is 0. The van der Waals surface area contributed by atoms with E-state index in [1.807, 2.05) is 42.5 Å². The molecule has 0 aliphatic heterocycles. The van der Waals surface area contributed by atoms with E-state index in [0.717, 1.165) is 36.8 Å². The zero-order valence-electron chi connectivity index (χ0n) is 38.6. The minimum Gasteiger partial charge on any atom is -0.508 e. The van der Waals surface area contributed by atoms with E-state index in [0.29, 0.717) is 51.1 Å². The molecule has 0 aliphatic rings. The summed E-state index contributed by atoms with van der Waals surface area (Å²) < 4.78 is 12.9. The Labute approximate surface area is 430 Å². The smallest absolute Gasteiger partial charge is 0.335 e. The Morgan fingerprint density at radius 1 is 0.324 bits per heavy atom. The number of halogens is 1. The van der Waals surface area contributed by atoms with Gasteiger partial charge in [0, 0.05) is 27.0 Å². The molecule has 0 bridgehead atoms. The van der Waals surface area contributed by atoms with Crippen LogP contribution in [0.5, 0.6) is 34.5 Å². The largest absolute Gasteiger partial charge is 0.508 e. The van der Waals surface area contributed by atoms with Crippen molar-refractivity contribution in [3.63, 3.8) is 0 Å². The molecule has 10 aromatic carbocycles. The molecule has 0 aliphatic carbocycles. The standard InChI is InChI=1S/C35H23NO7.C13H11NO3.C11H7BrO2/c37-33(21-5-11-29(12-6-21)42-31-13-7-22-17-26(34(38)39)3-1-24(22)19-31)36-28-9-15-30(16-10-28)43-32-14-8-23-18-27(35(40)41)4-2-25(23)20-32;15-11-5-1-9(2-6-11)13(17)14-10-3-7-12(16)8-4-10;12-10-4-3-7-5-9(11(13)14)2-1-8(7)6-10/h1-20H,(H,36,37)(H,38,39)(H,40,41);1-8,15-16H,(H,14,17);1-6H,(H,13,14). The van der Waals surface area contributed by atoms with Gasteiger partial charge < -0.3 is 45.6 Å². The average Bonchev–Trinajstić information content (AvgIpc) is 3.40. The molecule has 0 radical (unpaired) electrons. The maximum absolute atomic E-state index is 12.8. The molecule has 10 aromatic rings. The topological polar surface area (TPSA) is 229 Å². The summed E-state index contributed by atoms with van der Waals surface area (Å²) in [5.41, 5.74) is 2.87. The number of ether oxygens (including phenoxy) is 2. The number of aromatic carboxylic acids is 3. The molecule has 14 nitrogen and oxygen atoms in total. The number of nitrogens with one attached hydrogen (secondary N) is 2. The van der Waals surface area contributed by atoms with Gasteiger partial charge in [0.2, 0.25) is 0 Å². The molecule has 10 rings (SSSR count). The summed E-state index contributed by atoms with van der Waals surface area (Å²) >= 11 is 3.36. The quantitative estimate of drug-likeness (QED) is 0.0600. The number of hydrogen-bond acceptors (Lipinski definition) is 9. The fraction of sp³-hybridized carbons (Fsp3) is 0. The van der Waals surface area contributed by atoms with Crippen molar-refractivity contribution in [1.82, 2.24) is 0 Å². The number of benzene rings is 10.